The minimum Gasteiger partial charge on any atom is -0.309 e. The molecule has 0 spiro atoms. The Labute approximate surface area is 129 Å². The number of likely N-dealkylation sites (N-methyl/N-ethyl adjacent to an activating group) is 1. The van der Waals surface area contributed by atoms with Crippen molar-refractivity contribution in [1.29, 1.82) is 0 Å². The van der Waals surface area contributed by atoms with E-state index in [0.717, 1.165) is 22.6 Å². The van der Waals surface area contributed by atoms with Gasteiger partial charge < -0.3 is 5.32 Å². The van der Waals surface area contributed by atoms with E-state index in [0.29, 0.717) is 12.1 Å². The molecule has 2 nitrogen and oxygen atoms in total. The average molecular weight is 346 g/mol. The minimum atomic E-state index is 0.292. The van der Waals surface area contributed by atoms with Crippen LogP contribution in [0.15, 0.2) is 22.7 Å². The molecule has 0 aliphatic carbocycles. The standard InChI is InChI=1S/C15H22BrClN2/c1-3-19-8-4-5-13(19)10-18-11(2)14-7-6-12(16)9-15(14)17/h6-7,9,11,13,18H,3-5,8,10H2,1-2H3. The van der Waals surface area contributed by atoms with Crippen LogP contribution in [-0.2, 0) is 0 Å². The van der Waals surface area contributed by atoms with Gasteiger partial charge in [-0.1, -0.05) is 40.5 Å². The molecule has 1 aromatic rings. The number of hydrogen-bond acceptors (Lipinski definition) is 2. The molecule has 0 radical (unpaired) electrons. The maximum atomic E-state index is 6.30. The summed E-state index contributed by atoms with van der Waals surface area (Å²) in [5.41, 5.74) is 1.17. The van der Waals surface area contributed by atoms with Crippen molar-refractivity contribution in [3.8, 4) is 0 Å². The van der Waals surface area contributed by atoms with E-state index in [-0.39, 0.29) is 0 Å². The van der Waals surface area contributed by atoms with Gasteiger partial charge in [0.05, 0.1) is 0 Å². The molecule has 2 atom stereocenters. The van der Waals surface area contributed by atoms with Crippen LogP contribution in [0.2, 0.25) is 5.02 Å². The van der Waals surface area contributed by atoms with Crippen LogP contribution < -0.4 is 5.32 Å². The van der Waals surface area contributed by atoms with Crippen LogP contribution in [0.5, 0.6) is 0 Å². The smallest absolute Gasteiger partial charge is 0.0464 e. The molecule has 0 amide bonds. The Morgan fingerprint density at radius 2 is 2.32 bits per heavy atom. The molecular formula is C15H22BrClN2. The Kier molecular flexibility index (Phi) is 5.70. The fraction of sp³-hybridized carbons (Fsp3) is 0.600. The van der Waals surface area contributed by atoms with Crippen LogP contribution in [-0.4, -0.2) is 30.6 Å². The molecule has 0 saturated carbocycles. The molecule has 2 unspecified atom stereocenters. The van der Waals surface area contributed by atoms with Crippen molar-refractivity contribution < 1.29 is 0 Å². The first kappa shape index (κ1) is 15.3. The third-order valence-corrected chi connectivity index (χ3v) is 4.81. The Balaban J connectivity index is 1.92. The van der Waals surface area contributed by atoms with E-state index in [9.17, 15) is 0 Å². The van der Waals surface area contributed by atoms with Gasteiger partial charge in [-0.3, -0.25) is 4.90 Å². The molecule has 1 fully saturated rings. The summed E-state index contributed by atoms with van der Waals surface area (Å²) in [4.78, 5) is 2.56. The summed E-state index contributed by atoms with van der Waals surface area (Å²) in [6.07, 6.45) is 2.63. The van der Waals surface area contributed by atoms with Crippen molar-refractivity contribution in [2.24, 2.45) is 0 Å². The van der Waals surface area contributed by atoms with E-state index in [2.05, 4.69) is 46.1 Å². The van der Waals surface area contributed by atoms with E-state index in [1.807, 2.05) is 12.1 Å². The molecule has 0 bridgehead atoms. The highest BCUT2D eigenvalue weighted by molar-refractivity contribution is 9.10. The number of halogens is 2. The van der Waals surface area contributed by atoms with Crippen LogP contribution in [0.4, 0.5) is 0 Å². The summed E-state index contributed by atoms with van der Waals surface area (Å²) >= 11 is 9.74. The molecule has 1 aromatic carbocycles. The molecule has 1 heterocycles. The third kappa shape index (κ3) is 3.94. The molecule has 1 N–H and O–H groups in total. The van der Waals surface area contributed by atoms with Crippen molar-refractivity contribution in [2.75, 3.05) is 19.6 Å². The number of rotatable bonds is 5. The van der Waals surface area contributed by atoms with Crippen molar-refractivity contribution in [2.45, 2.75) is 38.8 Å². The van der Waals surface area contributed by atoms with E-state index >= 15 is 0 Å². The van der Waals surface area contributed by atoms with Crippen LogP contribution in [0.25, 0.3) is 0 Å². The zero-order valence-corrected chi connectivity index (χ0v) is 14.0. The van der Waals surface area contributed by atoms with Gasteiger partial charge in [-0.15, -0.1) is 0 Å². The second-order valence-electron chi connectivity index (χ2n) is 5.22. The van der Waals surface area contributed by atoms with Crippen LogP contribution in [0.1, 0.15) is 38.3 Å². The fourth-order valence-corrected chi connectivity index (χ4v) is 3.66. The average Bonchev–Trinajstić information content (AvgIpc) is 2.83. The largest absolute Gasteiger partial charge is 0.309 e. The fourth-order valence-electron chi connectivity index (χ4n) is 2.82. The van der Waals surface area contributed by atoms with Gasteiger partial charge in [-0.25, -0.2) is 0 Å². The molecule has 106 valence electrons. The number of benzene rings is 1. The van der Waals surface area contributed by atoms with Gasteiger partial charge in [0.2, 0.25) is 0 Å². The second kappa shape index (κ2) is 7.07. The number of nitrogens with one attached hydrogen (secondary N) is 1. The van der Waals surface area contributed by atoms with Crippen molar-refractivity contribution in [1.82, 2.24) is 10.2 Å². The molecule has 0 aromatic heterocycles. The lowest BCUT2D eigenvalue weighted by Crippen LogP contribution is -2.38. The van der Waals surface area contributed by atoms with E-state index < -0.39 is 0 Å². The molecule has 19 heavy (non-hydrogen) atoms. The van der Waals surface area contributed by atoms with Gasteiger partial charge >= 0.3 is 0 Å². The van der Waals surface area contributed by atoms with Crippen LogP contribution >= 0.6 is 27.5 Å². The number of likely N-dealkylation sites (tertiary alicyclic amines) is 1. The van der Waals surface area contributed by atoms with Gasteiger partial charge in [-0.2, -0.15) is 0 Å². The Bertz CT molecular complexity index is 425. The van der Waals surface area contributed by atoms with Crippen molar-refractivity contribution in [3.63, 3.8) is 0 Å². The zero-order valence-electron chi connectivity index (χ0n) is 11.6. The lowest BCUT2D eigenvalue weighted by atomic mass is 10.1. The second-order valence-corrected chi connectivity index (χ2v) is 6.54. The number of nitrogens with zero attached hydrogens (tertiary/aromatic N) is 1. The molecular weight excluding hydrogens is 324 g/mol. The quantitative estimate of drug-likeness (QED) is 0.859. The highest BCUT2D eigenvalue weighted by atomic mass is 79.9. The summed E-state index contributed by atoms with van der Waals surface area (Å²) < 4.78 is 1.03. The first-order valence-corrected chi connectivity index (χ1v) is 8.21. The Morgan fingerprint density at radius 1 is 1.53 bits per heavy atom. The summed E-state index contributed by atoms with van der Waals surface area (Å²) in [5.74, 6) is 0. The van der Waals surface area contributed by atoms with Gasteiger partial charge in [0.15, 0.2) is 0 Å². The predicted octanol–water partition coefficient (Wildman–Crippen LogP) is 4.24. The first-order valence-electron chi connectivity index (χ1n) is 7.04. The minimum absolute atomic E-state index is 0.292. The summed E-state index contributed by atoms with van der Waals surface area (Å²) in [6.45, 7) is 7.87. The number of hydrogen-bond donors (Lipinski definition) is 1. The highest BCUT2D eigenvalue weighted by Crippen LogP contribution is 2.26. The van der Waals surface area contributed by atoms with Crippen LogP contribution in [0, 0.1) is 0 Å². The highest BCUT2D eigenvalue weighted by Gasteiger charge is 2.23. The van der Waals surface area contributed by atoms with Gasteiger partial charge in [0, 0.05) is 28.1 Å². The van der Waals surface area contributed by atoms with E-state index in [4.69, 9.17) is 11.6 Å². The molecule has 1 aliphatic heterocycles. The van der Waals surface area contributed by atoms with Crippen molar-refractivity contribution >= 4 is 27.5 Å². The zero-order chi connectivity index (χ0) is 13.8. The van der Waals surface area contributed by atoms with Gasteiger partial charge in [0.25, 0.3) is 0 Å². The Hall–Kier alpha value is -0.0900. The normalized spacial score (nSPS) is 21.8. The first-order chi connectivity index (χ1) is 9.11. The summed E-state index contributed by atoms with van der Waals surface area (Å²) in [6, 6.07) is 7.08. The van der Waals surface area contributed by atoms with Gasteiger partial charge in [0.1, 0.15) is 0 Å². The van der Waals surface area contributed by atoms with E-state index in [1.54, 1.807) is 0 Å². The maximum absolute atomic E-state index is 6.30. The monoisotopic (exact) mass is 344 g/mol. The molecule has 1 saturated heterocycles. The maximum Gasteiger partial charge on any atom is 0.0464 e. The lowest BCUT2D eigenvalue weighted by molar-refractivity contribution is 0.255. The van der Waals surface area contributed by atoms with Crippen LogP contribution in [0.3, 0.4) is 0 Å². The topological polar surface area (TPSA) is 15.3 Å². The predicted molar refractivity (Wildman–Crippen MR) is 85.8 cm³/mol. The third-order valence-electron chi connectivity index (χ3n) is 3.99. The van der Waals surface area contributed by atoms with Gasteiger partial charge in [-0.05, 0) is 50.6 Å². The molecule has 1 aliphatic rings. The lowest BCUT2D eigenvalue weighted by Gasteiger charge is -2.25. The SMILES string of the molecule is CCN1CCCC1CNC(C)c1ccc(Br)cc1Cl. The van der Waals surface area contributed by atoms with E-state index in [1.165, 1.54) is 24.9 Å². The summed E-state index contributed by atoms with van der Waals surface area (Å²) in [5, 5.41) is 4.45. The Morgan fingerprint density at radius 3 is 3.00 bits per heavy atom. The molecule has 2 rings (SSSR count). The molecule has 4 heteroatoms. The van der Waals surface area contributed by atoms with Crippen molar-refractivity contribution in [3.05, 3.63) is 33.3 Å². The summed E-state index contributed by atoms with van der Waals surface area (Å²) in [7, 11) is 0.